The lowest BCUT2D eigenvalue weighted by atomic mass is 10.1. The minimum atomic E-state index is -0.210. The monoisotopic (exact) mass is 351 g/mol. The van der Waals surface area contributed by atoms with Gasteiger partial charge >= 0.3 is 6.03 Å². The summed E-state index contributed by atoms with van der Waals surface area (Å²) in [5, 5.41) is 5.79. The molecular weight excluding hydrogens is 322 g/mol. The van der Waals surface area contributed by atoms with Crippen molar-refractivity contribution in [2.45, 2.75) is 45.6 Å². The number of carbonyl (C=O) groups is 1. The van der Waals surface area contributed by atoms with Gasteiger partial charge in [-0.2, -0.15) is 0 Å². The summed E-state index contributed by atoms with van der Waals surface area (Å²) in [5.74, 6) is 0. The SMILES string of the molecule is CCCCc1ccc(NC(=O)Nc2ccc(CN3CCCC3)cc2)cc1. The third-order valence-corrected chi connectivity index (χ3v) is 4.85. The molecule has 0 saturated carbocycles. The van der Waals surface area contributed by atoms with Crippen LogP contribution in [0.15, 0.2) is 48.5 Å². The van der Waals surface area contributed by atoms with E-state index in [1.807, 2.05) is 24.3 Å². The van der Waals surface area contributed by atoms with E-state index >= 15 is 0 Å². The molecule has 0 atom stereocenters. The Balaban J connectivity index is 1.48. The van der Waals surface area contributed by atoms with E-state index in [1.165, 1.54) is 49.9 Å². The van der Waals surface area contributed by atoms with Gasteiger partial charge in [0.2, 0.25) is 0 Å². The number of amides is 2. The first-order chi connectivity index (χ1) is 12.7. The predicted octanol–water partition coefficient (Wildman–Crippen LogP) is 5.27. The number of nitrogens with one attached hydrogen (secondary N) is 2. The summed E-state index contributed by atoms with van der Waals surface area (Å²) in [5.41, 5.74) is 4.23. The molecule has 138 valence electrons. The van der Waals surface area contributed by atoms with Crippen LogP contribution >= 0.6 is 0 Å². The Kier molecular flexibility index (Phi) is 6.67. The maximum absolute atomic E-state index is 12.2. The number of benzene rings is 2. The number of carbonyl (C=O) groups excluding carboxylic acids is 1. The number of anilines is 2. The number of unbranched alkanes of at least 4 members (excludes halogenated alkanes) is 1. The molecule has 1 aliphatic rings. The molecule has 4 nitrogen and oxygen atoms in total. The normalized spacial score (nSPS) is 14.3. The number of hydrogen-bond acceptors (Lipinski definition) is 2. The zero-order valence-electron chi connectivity index (χ0n) is 15.6. The maximum Gasteiger partial charge on any atom is 0.323 e. The number of urea groups is 1. The topological polar surface area (TPSA) is 44.4 Å². The second-order valence-corrected chi connectivity index (χ2v) is 7.06. The number of likely N-dealkylation sites (tertiary alicyclic amines) is 1. The van der Waals surface area contributed by atoms with Gasteiger partial charge in [0.15, 0.2) is 0 Å². The number of rotatable bonds is 7. The van der Waals surface area contributed by atoms with Gasteiger partial charge < -0.3 is 10.6 Å². The van der Waals surface area contributed by atoms with Gasteiger partial charge in [-0.25, -0.2) is 4.79 Å². The Morgan fingerprint density at radius 3 is 1.96 bits per heavy atom. The van der Waals surface area contributed by atoms with Gasteiger partial charge in [-0.3, -0.25) is 4.90 Å². The highest BCUT2D eigenvalue weighted by molar-refractivity contribution is 5.99. The standard InChI is InChI=1S/C22H29N3O/c1-2-3-6-18-7-11-20(12-8-18)23-22(26)24-21-13-9-19(10-14-21)17-25-15-4-5-16-25/h7-14H,2-6,15-17H2,1H3,(H2,23,24,26). The van der Waals surface area contributed by atoms with Gasteiger partial charge in [-0.05, 0) is 74.2 Å². The largest absolute Gasteiger partial charge is 0.323 e. The smallest absolute Gasteiger partial charge is 0.308 e. The number of aryl methyl sites for hydroxylation is 1. The molecule has 0 bridgehead atoms. The summed E-state index contributed by atoms with van der Waals surface area (Å²) < 4.78 is 0. The molecule has 26 heavy (non-hydrogen) atoms. The lowest BCUT2D eigenvalue weighted by Gasteiger charge is -2.15. The summed E-state index contributed by atoms with van der Waals surface area (Å²) >= 11 is 0. The quantitative estimate of drug-likeness (QED) is 0.714. The lowest BCUT2D eigenvalue weighted by molar-refractivity contribution is 0.262. The van der Waals surface area contributed by atoms with Crippen LogP contribution in [0.2, 0.25) is 0 Å². The van der Waals surface area contributed by atoms with Crippen LogP contribution in [-0.2, 0) is 13.0 Å². The van der Waals surface area contributed by atoms with Gasteiger partial charge in [-0.1, -0.05) is 37.6 Å². The Hall–Kier alpha value is -2.33. The van der Waals surface area contributed by atoms with Gasteiger partial charge in [0.1, 0.15) is 0 Å². The highest BCUT2D eigenvalue weighted by Crippen LogP contribution is 2.16. The zero-order valence-corrected chi connectivity index (χ0v) is 15.6. The van der Waals surface area contributed by atoms with E-state index in [9.17, 15) is 4.79 Å². The van der Waals surface area contributed by atoms with Crippen molar-refractivity contribution in [3.63, 3.8) is 0 Å². The molecule has 0 aromatic heterocycles. The van der Waals surface area contributed by atoms with Crippen LogP contribution in [0, 0.1) is 0 Å². The van der Waals surface area contributed by atoms with Crippen LogP contribution in [0.5, 0.6) is 0 Å². The van der Waals surface area contributed by atoms with Gasteiger partial charge in [0.05, 0.1) is 0 Å². The molecular formula is C22H29N3O. The van der Waals surface area contributed by atoms with Crippen LogP contribution in [0.3, 0.4) is 0 Å². The maximum atomic E-state index is 12.2. The molecule has 2 aromatic carbocycles. The van der Waals surface area contributed by atoms with Crippen LogP contribution < -0.4 is 10.6 Å². The third-order valence-electron chi connectivity index (χ3n) is 4.85. The molecule has 2 amide bonds. The first-order valence-corrected chi connectivity index (χ1v) is 9.71. The second-order valence-electron chi connectivity index (χ2n) is 7.06. The Morgan fingerprint density at radius 2 is 1.42 bits per heavy atom. The van der Waals surface area contributed by atoms with E-state index in [2.05, 4.69) is 46.7 Å². The van der Waals surface area contributed by atoms with Gasteiger partial charge in [0, 0.05) is 17.9 Å². The summed E-state index contributed by atoms with van der Waals surface area (Å²) in [6, 6.07) is 16.0. The first kappa shape index (κ1) is 18.5. The highest BCUT2D eigenvalue weighted by atomic mass is 16.2. The molecule has 1 aliphatic heterocycles. The molecule has 4 heteroatoms. The summed E-state index contributed by atoms with van der Waals surface area (Å²) in [4.78, 5) is 14.6. The predicted molar refractivity (Wildman–Crippen MR) is 109 cm³/mol. The van der Waals surface area contributed by atoms with Crippen molar-refractivity contribution in [3.8, 4) is 0 Å². The summed E-state index contributed by atoms with van der Waals surface area (Å²) in [7, 11) is 0. The summed E-state index contributed by atoms with van der Waals surface area (Å²) in [6.07, 6.45) is 6.09. The molecule has 3 rings (SSSR count). The molecule has 2 N–H and O–H groups in total. The van der Waals surface area contributed by atoms with Crippen molar-refractivity contribution in [2.24, 2.45) is 0 Å². The molecule has 2 aromatic rings. The van der Waals surface area contributed by atoms with Crippen LogP contribution in [0.4, 0.5) is 16.2 Å². The van der Waals surface area contributed by atoms with Gasteiger partial charge in [0.25, 0.3) is 0 Å². The second kappa shape index (κ2) is 9.39. The molecule has 0 spiro atoms. The van der Waals surface area contributed by atoms with Crippen LogP contribution in [-0.4, -0.2) is 24.0 Å². The van der Waals surface area contributed by atoms with Crippen molar-refractivity contribution in [1.29, 1.82) is 0 Å². The number of hydrogen-bond donors (Lipinski definition) is 2. The van der Waals surface area contributed by atoms with E-state index < -0.39 is 0 Å². The van der Waals surface area contributed by atoms with E-state index in [0.29, 0.717) is 0 Å². The van der Waals surface area contributed by atoms with E-state index in [-0.39, 0.29) is 6.03 Å². The molecule has 0 aliphatic carbocycles. The Bertz CT molecular complexity index is 688. The Labute approximate surface area is 156 Å². The van der Waals surface area contributed by atoms with Crippen LogP contribution in [0.1, 0.15) is 43.7 Å². The fourth-order valence-corrected chi connectivity index (χ4v) is 3.32. The third kappa shape index (κ3) is 5.60. The van der Waals surface area contributed by atoms with E-state index in [0.717, 1.165) is 24.3 Å². The molecule has 0 unspecified atom stereocenters. The fourth-order valence-electron chi connectivity index (χ4n) is 3.32. The molecule has 0 radical (unpaired) electrons. The molecule has 1 fully saturated rings. The van der Waals surface area contributed by atoms with Crippen LogP contribution in [0.25, 0.3) is 0 Å². The lowest BCUT2D eigenvalue weighted by Crippen LogP contribution is -2.20. The van der Waals surface area contributed by atoms with Crippen molar-refractivity contribution in [3.05, 3.63) is 59.7 Å². The Morgan fingerprint density at radius 1 is 0.885 bits per heavy atom. The number of nitrogens with zero attached hydrogens (tertiary/aromatic N) is 1. The van der Waals surface area contributed by atoms with Crippen molar-refractivity contribution < 1.29 is 4.79 Å². The van der Waals surface area contributed by atoms with E-state index in [1.54, 1.807) is 0 Å². The average Bonchev–Trinajstić information content (AvgIpc) is 3.16. The van der Waals surface area contributed by atoms with Crippen molar-refractivity contribution in [2.75, 3.05) is 23.7 Å². The first-order valence-electron chi connectivity index (χ1n) is 9.71. The molecule has 1 saturated heterocycles. The van der Waals surface area contributed by atoms with Gasteiger partial charge in [-0.15, -0.1) is 0 Å². The van der Waals surface area contributed by atoms with Crippen molar-refractivity contribution in [1.82, 2.24) is 4.90 Å². The minimum Gasteiger partial charge on any atom is -0.308 e. The highest BCUT2D eigenvalue weighted by Gasteiger charge is 2.11. The average molecular weight is 351 g/mol. The van der Waals surface area contributed by atoms with E-state index in [4.69, 9.17) is 0 Å². The zero-order chi connectivity index (χ0) is 18.2. The molecule has 1 heterocycles. The summed E-state index contributed by atoms with van der Waals surface area (Å²) in [6.45, 7) is 5.58. The minimum absolute atomic E-state index is 0.210. The van der Waals surface area contributed by atoms with Crippen molar-refractivity contribution >= 4 is 17.4 Å². The fraction of sp³-hybridized carbons (Fsp3) is 0.409.